The minimum absolute atomic E-state index is 0.00356. The van der Waals surface area contributed by atoms with Gasteiger partial charge in [-0.2, -0.15) is 29.8 Å². The fraction of sp³-hybridized carbons (Fsp3) is 0.347. The van der Waals surface area contributed by atoms with Gasteiger partial charge in [-0.3, -0.25) is 0 Å². The molecule has 4 fully saturated rings. The Morgan fingerprint density at radius 2 is 0.637 bits per heavy atom. The Balaban J connectivity index is 0.000000132. The van der Waals surface area contributed by atoms with E-state index in [9.17, 15) is 42.8 Å². The summed E-state index contributed by atoms with van der Waals surface area (Å²) in [6.07, 6.45) is 8.46. The van der Waals surface area contributed by atoms with E-state index in [1.54, 1.807) is 118 Å². The highest BCUT2D eigenvalue weighted by Crippen LogP contribution is 2.39. The van der Waals surface area contributed by atoms with Crippen LogP contribution < -0.4 is 50.1 Å². The molecule has 4 saturated carbocycles. The molecule has 8 aromatic heterocycles. The van der Waals surface area contributed by atoms with Crippen molar-refractivity contribution >= 4 is 87.7 Å². The average molecular weight is 1920 g/mol. The van der Waals surface area contributed by atoms with E-state index in [2.05, 4.69) is 51.2 Å². The summed E-state index contributed by atoms with van der Waals surface area (Å²) < 4.78 is 168. The molecule has 8 heterocycles. The van der Waals surface area contributed by atoms with Gasteiger partial charge in [-0.1, -0.05) is 48.5 Å². The first-order valence-corrected chi connectivity index (χ1v) is 50.1. The fourth-order valence-electron chi connectivity index (χ4n) is 15.4. The number of halogens is 4. The van der Waals surface area contributed by atoms with Gasteiger partial charge in [0.1, 0.15) is 57.8 Å². The van der Waals surface area contributed by atoms with Gasteiger partial charge in [0.05, 0.1) is 98.4 Å². The van der Waals surface area contributed by atoms with Crippen LogP contribution in [-0.4, -0.2) is 190 Å². The van der Waals surface area contributed by atoms with Crippen LogP contribution >= 0.6 is 11.8 Å². The molecule has 15 aromatic rings. The number of nitrogens with zero attached hydrogens (tertiary/aromatic N) is 16. The van der Waals surface area contributed by atoms with Crippen molar-refractivity contribution in [3.05, 3.63) is 237 Å². The number of rotatable bonds is 35. The lowest BCUT2D eigenvalue weighted by molar-refractivity contribution is 0.391. The standard InChI is InChI=1S/2C26H28FN5O4S.C26H28FN5O2S.C17H18FN5O2S/c2*1-16-24(17-5-4-6-19(27)13-17)30-26(28-15-18-7-8-20(35-2)14-22(18)36-3)32-25(16)29-23(31-32)11-12-37(33,34)21-9-10-21;1-16-24(17-5-4-6-19(27)13-17)30-26(28-15-18-7-8-20(33-2)14-22(18)34-3)32-25(16)29-23(31-32)11-12-35-21-9-10-21;1-10-15(11-3-2-4-12(18)9-11)21-17(19)23-16(10)20-14(22-23)7-8-26(24,25)13-5-6-13/h2*4-8,13-14,21H,9-12,15H2,1-3H3,(H,28,30);4-8,13-14,21H,9-12,15H2,1-3H3,(H,28,30);2-4,9,13H,5-8H2,1H3,(H2,19,21). The number of sulfone groups is 3. The molecule has 0 amide bonds. The van der Waals surface area contributed by atoms with Crippen molar-refractivity contribution in [3.63, 3.8) is 0 Å². The fourth-order valence-corrected chi connectivity index (χ4v) is 21.4. The van der Waals surface area contributed by atoms with Gasteiger partial charge in [-0.05, 0) is 164 Å². The number of nitrogens with one attached hydrogen (secondary N) is 3. The minimum Gasteiger partial charge on any atom is -0.497 e. The molecule has 0 bridgehead atoms. The van der Waals surface area contributed by atoms with Crippen LogP contribution in [0.15, 0.2) is 152 Å². The lowest BCUT2D eigenvalue weighted by atomic mass is 10.1. The zero-order valence-electron chi connectivity index (χ0n) is 76.0. The summed E-state index contributed by atoms with van der Waals surface area (Å²) in [5.74, 6) is 7.13. The van der Waals surface area contributed by atoms with E-state index in [0.29, 0.717) is 162 Å². The highest BCUT2D eigenvalue weighted by atomic mass is 32.2. The van der Waals surface area contributed by atoms with Crippen molar-refractivity contribution in [2.45, 2.75) is 145 Å². The van der Waals surface area contributed by atoms with E-state index in [1.807, 2.05) is 81.1 Å². The molecule has 0 aliphatic heterocycles. The topological polar surface area (TPSA) is 392 Å². The number of nitrogen functional groups attached to an aromatic ring is 1. The van der Waals surface area contributed by atoms with Crippen LogP contribution in [-0.2, 0) is 74.8 Å². The van der Waals surface area contributed by atoms with Crippen LogP contribution in [0.1, 0.15) is 114 Å². The van der Waals surface area contributed by atoms with Gasteiger partial charge in [0.2, 0.25) is 23.8 Å². The Kier molecular flexibility index (Phi) is 28.7. The molecule has 5 N–H and O–H groups in total. The number of nitrogens with two attached hydrogens (primary N) is 1. The van der Waals surface area contributed by atoms with Gasteiger partial charge in [0, 0.05) is 136 Å². The zero-order chi connectivity index (χ0) is 95.1. The second-order valence-electron chi connectivity index (χ2n) is 33.1. The quantitative estimate of drug-likeness (QED) is 0.0268. The number of anilines is 4. The predicted molar refractivity (Wildman–Crippen MR) is 509 cm³/mol. The third-order valence-corrected chi connectivity index (χ3v) is 31.5. The van der Waals surface area contributed by atoms with Gasteiger partial charge in [-0.15, -0.1) is 20.4 Å². The van der Waals surface area contributed by atoms with Crippen molar-refractivity contribution in [1.82, 2.24) is 78.3 Å². The Hall–Kier alpha value is -13.3. The molecule has 4 aliphatic carbocycles. The van der Waals surface area contributed by atoms with E-state index in [-0.39, 0.29) is 81.5 Å². The summed E-state index contributed by atoms with van der Waals surface area (Å²) in [6, 6.07) is 41.7. The molecular formula is C95H102F4N20O12S4. The predicted octanol–water partition coefficient (Wildman–Crippen LogP) is 15.2. The maximum atomic E-state index is 14.0. The van der Waals surface area contributed by atoms with Gasteiger partial charge >= 0.3 is 0 Å². The molecule has 19 rings (SSSR count). The van der Waals surface area contributed by atoms with Crippen LogP contribution in [0.3, 0.4) is 0 Å². The highest BCUT2D eigenvalue weighted by molar-refractivity contribution is 8.00. The molecule has 0 spiro atoms. The number of fused-ring (bicyclic) bond motifs is 4. The van der Waals surface area contributed by atoms with E-state index >= 15 is 0 Å². The average Bonchev–Trinajstić information content (AvgIpc) is 1.67. The van der Waals surface area contributed by atoms with Gasteiger partial charge in [-0.25, -0.2) is 82.7 Å². The van der Waals surface area contributed by atoms with Crippen LogP contribution in [0.25, 0.3) is 67.6 Å². The lowest BCUT2D eigenvalue weighted by Crippen LogP contribution is -2.14. The molecule has 0 saturated heterocycles. The number of benzene rings is 7. The number of hydrogen-bond donors (Lipinski definition) is 4. The van der Waals surface area contributed by atoms with E-state index in [1.165, 1.54) is 65.9 Å². The normalized spacial score (nSPS) is 13.8. The number of ether oxygens (including phenoxy) is 6. The Bertz CT molecular complexity index is 7060. The van der Waals surface area contributed by atoms with Crippen LogP contribution in [0, 0.1) is 51.0 Å². The molecule has 0 atom stereocenters. The second-order valence-corrected chi connectivity index (χ2v) is 41.7. The molecule has 0 unspecified atom stereocenters. The molecule has 135 heavy (non-hydrogen) atoms. The first-order chi connectivity index (χ1) is 65.0. The second kappa shape index (κ2) is 40.8. The Labute approximate surface area is 781 Å². The van der Waals surface area contributed by atoms with Crippen molar-refractivity contribution in [3.8, 4) is 79.5 Å². The summed E-state index contributed by atoms with van der Waals surface area (Å²) in [5.41, 5.74) is 18.7. The third-order valence-electron chi connectivity index (χ3n) is 23.4. The van der Waals surface area contributed by atoms with Crippen molar-refractivity contribution < 1.29 is 71.2 Å². The summed E-state index contributed by atoms with van der Waals surface area (Å²) in [6.45, 7) is 8.61. The highest BCUT2D eigenvalue weighted by Gasteiger charge is 2.38. The van der Waals surface area contributed by atoms with Gasteiger partial charge < -0.3 is 50.1 Å². The Morgan fingerprint density at radius 3 is 0.911 bits per heavy atom. The molecule has 4 aliphatic rings. The maximum absolute atomic E-state index is 14.0. The minimum atomic E-state index is -3.14. The van der Waals surface area contributed by atoms with Crippen molar-refractivity contribution in [1.29, 1.82) is 0 Å². The maximum Gasteiger partial charge on any atom is 0.226 e. The monoisotopic (exact) mass is 1920 g/mol. The van der Waals surface area contributed by atoms with Crippen LogP contribution in [0.2, 0.25) is 0 Å². The number of aryl methyl sites for hydroxylation is 8. The number of hydrogen-bond acceptors (Lipinski definition) is 29. The lowest BCUT2D eigenvalue weighted by Gasteiger charge is -2.14. The van der Waals surface area contributed by atoms with Crippen LogP contribution in [0.4, 0.5) is 41.4 Å². The summed E-state index contributed by atoms with van der Waals surface area (Å²) in [4.78, 5) is 37.3. The van der Waals surface area contributed by atoms with E-state index in [4.69, 9.17) is 59.2 Å². The third kappa shape index (κ3) is 22.5. The molecule has 32 nitrogen and oxygen atoms in total. The largest absolute Gasteiger partial charge is 0.497 e. The first kappa shape index (κ1) is 94.8. The molecule has 0 radical (unpaired) electrons. The van der Waals surface area contributed by atoms with E-state index in [0.717, 1.165) is 95.4 Å². The van der Waals surface area contributed by atoms with Gasteiger partial charge in [0.25, 0.3) is 0 Å². The Morgan fingerprint density at radius 1 is 0.356 bits per heavy atom. The van der Waals surface area contributed by atoms with E-state index < -0.39 is 29.5 Å². The van der Waals surface area contributed by atoms with Crippen molar-refractivity contribution in [2.75, 3.05) is 87.4 Å². The summed E-state index contributed by atoms with van der Waals surface area (Å²) >= 11 is 1.99. The number of methoxy groups -OCH3 is 6. The van der Waals surface area contributed by atoms with Gasteiger partial charge in [0.15, 0.2) is 75.4 Å². The smallest absolute Gasteiger partial charge is 0.226 e. The molecule has 40 heteroatoms. The van der Waals surface area contributed by atoms with Crippen LogP contribution in [0.5, 0.6) is 34.5 Å². The summed E-state index contributed by atoms with van der Waals surface area (Å²) in [5, 5.41) is 28.3. The first-order valence-electron chi connectivity index (χ1n) is 43.9. The number of thioether (sulfide) groups is 1. The molecule has 706 valence electrons. The SMILES string of the molecule is COc1ccc(CNc2nc(-c3cccc(F)c3)c(C)c3nc(CCS(=O)(=O)C4CC4)nn23)c(OC)c1.COc1ccc(CNc2nc(-c3cccc(F)c3)c(C)c3nc(CCS(=O)(=O)C4CC4)nn23)c(OC)c1.COc1ccc(CNc2nc(-c3cccc(F)c3)c(C)c3nc(CCSC4CC4)nn23)c(OC)c1.Cc1c(-c2cccc(F)c2)nc(N)n2nc(CCS(=O)(=O)C3CC3)nc12. The zero-order valence-corrected chi connectivity index (χ0v) is 79.2. The molecule has 7 aromatic carbocycles. The molecular weight excluding hydrogens is 1820 g/mol. The number of aromatic nitrogens is 16. The van der Waals surface area contributed by atoms with Crippen molar-refractivity contribution in [2.24, 2.45) is 0 Å². The summed E-state index contributed by atoms with van der Waals surface area (Å²) in [7, 11) is 0.237.